The molecule has 3 rings (SSSR count). The summed E-state index contributed by atoms with van der Waals surface area (Å²) in [4.78, 5) is 16.7. The van der Waals surface area contributed by atoms with E-state index in [-0.39, 0.29) is 24.1 Å². The van der Waals surface area contributed by atoms with Gasteiger partial charge in [-0.1, -0.05) is 12.5 Å². The fourth-order valence-electron chi connectivity index (χ4n) is 3.31. The fraction of sp³-hybridized carbons (Fsp3) is 0.412. The number of amides is 1. The van der Waals surface area contributed by atoms with Gasteiger partial charge in [-0.25, -0.2) is 4.39 Å². The van der Waals surface area contributed by atoms with Crippen molar-refractivity contribution in [2.75, 3.05) is 6.61 Å². The van der Waals surface area contributed by atoms with Crippen LogP contribution in [0.15, 0.2) is 30.5 Å². The Hall–Kier alpha value is -2.01. The Morgan fingerprint density at radius 3 is 3.09 bits per heavy atom. The van der Waals surface area contributed by atoms with Crippen molar-refractivity contribution >= 4 is 16.8 Å². The number of aromatic nitrogens is 1. The number of nitrogens with one attached hydrogen (secondary N) is 1. The summed E-state index contributed by atoms with van der Waals surface area (Å²) in [6.45, 7) is 0.126. The monoisotopic (exact) mass is 302 g/mol. The molecular weight excluding hydrogens is 283 g/mol. The van der Waals surface area contributed by atoms with Crippen LogP contribution in [-0.2, 0) is 0 Å². The average molecular weight is 302 g/mol. The molecule has 2 unspecified atom stereocenters. The van der Waals surface area contributed by atoms with E-state index < -0.39 is 5.82 Å². The van der Waals surface area contributed by atoms with Crippen LogP contribution in [0.2, 0.25) is 0 Å². The van der Waals surface area contributed by atoms with Crippen molar-refractivity contribution in [1.29, 1.82) is 0 Å². The minimum atomic E-state index is -0.441. The lowest BCUT2D eigenvalue weighted by Crippen LogP contribution is -2.37. The molecule has 0 spiro atoms. The van der Waals surface area contributed by atoms with Crippen molar-refractivity contribution in [2.24, 2.45) is 5.92 Å². The molecule has 0 radical (unpaired) electrons. The van der Waals surface area contributed by atoms with E-state index in [1.54, 1.807) is 18.3 Å². The summed E-state index contributed by atoms with van der Waals surface area (Å²) < 4.78 is 13.7. The maximum atomic E-state index is 13.7. The van der Waals surface area contributed by atoms with Crippen LogP contribution in [0.25, 0.3) is 10.9 Å². The van der Waals surface area contributed by atoms with Gasteiger partial charge in [0.2, 0.25) is 0 Å². The van der Waals surface area contributed by atoms with Crippen LogP contribution in [0.3, 0.4) is 0 Å². The van der Waals surface area contributed by atoms with Crippen LogP contribution in [-0.4, -0.2) is 28.6 Å². The molecule has 4 nitrogen and oxygen atoms in total. The standard InChI is InChI=1S/C17H19FN2O2/c18-13-9-12-4-2-7-19-16(12)14(10-13)17(22)20-15-5-1-3-11(15)6-8-21/h2,4,7,9-11,15,21H,1,3,5-6,8H2,(H,20,22). The number of hydrogen-bond donors (Lipinski definition) is 2. The Kier molecular flexibility index (Phi) is 4.34. The van der Waals surface area contributed by atoms with Gasteiger partial charge in [-0.05, 0) is 43.4 Å². The molecule has 1 aromatic heterocycles. The second-order valence-electron chi connectivity index (χ2n) is 5.81. The highest BCUT2D eigenvalue weighted by molar-refractivity contribution is 6.05. The molecule has 1 aliphatic carbocycles. The highest BCUT2D eigenvalue weighted by Crippen LogP contribution is 2.29. The smallest absolute Gasteiger partial charge is 0.253 e. The van der Waals surface area contributed by atoms with E-state index in [0.29, 0.717) is 23.2 Å². The normalized spacial score (nSPS) is 21.2. The molecule has 2 N–H and O–H groups in total. The molecule has 2 atom stereocenters. The van der Waals surface area contributed by atoms with E-state index in [0.717, 1.165) is 19.3 Å². The van der Waals surface area contributed by atoms with E-state index in [1.807, 2.05) is 0 Å². The Balaban J connectivity index is 1.86. The van der Waals surface area contributed by atoms with E-state index in [1.165, 1.54) is 12.1 Å². The molecule has 0 saturated heterocycles. The Morgan fingerprint density at radius 1 is 1.41 bits per heavy atom. The first-order chi connectivity index (χ1) is 10.7. The van der Waals surface area contributed by atoms with Gasteiger partial charge < -0.3 is 10.4 Å². The minimum Gasteiger partial charge on any atom is -0.396 e. The molecule has 1 aliphatic rings. The number of fused-ring (bicyclic) bond motifs is 1. The number of pyridine rings is 1. The molecule has 1 amide bonds. The zero-order chi connectivity index (χ0) is 15.5. The average Bonchev–Trinajstić information content (AvgIpc) is 2.94. The van der Waals surface area contributed by atoms with Gasteiger partial charge in [0.1, 0.15) is 5.82 Å². The topological polar surface area (TPSA) is 62.2 Å². The Bertz CT molecular complexity index is 689. The van der Waals surface area contributed by atoms with Crippen molar-refractivity contribution in [1.82, 2.24) is 10.3 Å². The van der Waals surface area contributed by atoms with Gasteiger partial charge in [-0.3, -0.25) is 9.78 Å². The third kappa shape index (κ3) is 2.95. The number of hydrogen-bond acceptors (Lipinski definition) is 3. The summed E-state index contributed by atoms with van der Waals surface area (Å²) in [5.74, 6) is -0.441. The maximum Gasteiger partial charge on any atom is 0.253 e. The van der Waals surface area contributed by atoms with Gasteiger partial charge in [0.25, 0.3) is 5.91 Å². The lowest BCUT2D eigenvalue weighted by Gasteiger charge is -2.20. The van der Waals surface area contributed by atoms with Crippen LogP contribution in [0.1, 0.15) is 36.0 Å². The molecule has 2 aromatic rings. The predicted molar refractivity (Wildman–Crippen MR) is 82.0 cm³/mol. The first kappa shape index (κ1) is 14.9. The number of rotatable bonds is 4. The van der Waals surface area contributed by atoms with Gasteiger partial charge >= 0.3 is 0 Å². The number of benzene rings is 1. The molecule has 1 heterocycles. The molecule has 0 aliphatic heterocycles. The molecule has 5 heteroatoms. The summed E-state index contributed by atoms with van der Waals surface area (Å²) >= 11 is 0. The summed E-state index contributed by atoms with van der Waals surface area (Å²) in [7, 11) is 0. The highest BCUT2D eigenvalue weighted by atomic mass is 19.1. The van der Waals surface area contributed by atoms with Crippen LogP contribution in [0.4, 0.5) is 4.39 Å². The van der Waals surface area contributed by atoms with Gasteiger partial charge in [-0.15, -0.1) is 0 Å². The first-order valence-electron chi connectivity index (χ1n) is 7.65. The lowest BCUT2D eigenvalue weighted by molar-refractivity contribution is 0.0924. The molecule has 22 heavy (non-hydrogen) atoms. The zero-order valence-electron chi connectivity index (χ0n) is 12.3. The lowest BCUT2D eigenvalue weighted by atomic mass is 9.99. The van der Waals surface area contributed by atoms with E-state index >= 15 is 0 Å². The van der Waals surface area contributed by atoms with E-state index in [4.69, 9.17) is 5.11 Å². The van der Waals surface area contributed by atoms with Crippen molar-refractivity contribution in [2.45, 2.75) is 31.7 Å². The van der Waals surface area contributed by atoms with Gasteiger partial charge in [0.05, 0.1) is 11.1 Å². The molecule has 1 aromatic carbocycles. The second kappa shape index (κ2) is 6.40. The van der Waals surface area contributed by atoms with Crippen molar-refractivity contribution in [3.63, 3.8) is 0 Å². The summed E-state index contributed by atoms with van der Waals surface area (Å²) in [5.41, 5.74) is 0.781. The molecule has 116 valence electrons. The summed E-state index contributed by atoms with van der Waals surface area (Å²) in [6.07, 6.45) is 5.23. The third-order valence-corrected chi connectivity index (χ3v) is 4.39. The first-order valence-corrected chi connectivity index (χ1v) is 7.65. The molecule has 1 fully saturated rings. The van der Waals surface area contributed by atoms with Crippen molar-refractivity contribution in [3.8, 4) is 0 Å². The second-order valence-corrected chi connectivity index (χ2v) is 5.81. The summed E-state index contributed by atoms with van der Waals surface area (Å²) in [5, 5.41) is 12.7. The maximum absolute atomic E-state index is 13.7. The van der Waals surface area contributed by atoms with Crippen LogP contribution >= 0.6 is 0 Å². The number of aliphatic hydroxyl groups excluding tert-OH is 1. The number of nitrogens with zero attached hydrogens (tertiary/aromatic N) is 1. The third-order valence-electron chi connectivity index (χ3n) is 4.39. The summed E-state index contributed by atoms with van der Waals surface area (Å²) in [6, 6.07) is 6.12. The van der Waals surface area contributed by atoms with Gasteiger partial charge in [-0.2, -0.15) is 0 Å². The predicted octanol–water partition coefficient (Wildman–Crippen LogP) is 2.65. The van der Waals surface area contributed by atoms with E-state index in [2.05, 4.69) is 10.3 Å². The minimum absolute atomic E-state index is 0.0432. The number of aliphatic hydroxyl groups is 1. The van der Waals surface area contributed by atoms with E-state index in [9.17, 15) is 9.18 Å². The van der Waals surface area contributed by atoms with Crippen LogP contribution in [0.5, 0.6) is 0 Å². The quantitative estimate of drug-likeness (QED) is 0.912. The zero-order valence-corrected chi connectivity index (χ0v) is 12.3. The Morgan fingerprint density at radius 2 is 2.27 bits per heavy atom. The van der Waals surface area contributed by atoms with Crippen LogP contribution < -0.4 is 5.32 Å². The SMILES string of the molecule is O=C(NC1CCCC1CCO)c1cc(F)cc2cccnc12. The number of carbonyl (C=O) groups excluding carboxylic acids is 1. The largest absolute Gasteiger partial charge is 0.396 e. The van der Waals surface area contributed by atoms with Crippen molar-refractivity contribution < 1.29 is 14.3 Å². The molecule has 0 bridgehead atoms. The van der Waals surface area contributed by atoms with Crippen molar-refractivity contribution in [3.05, 3.63) is 41.8 Å². The number of carbonyl (C=O) groups is 1. The Labute approximate surface area is 128 Å². The number of halogens is 1. The van der Waals surface area contributed by atoms with Crippen LogP contribution in [0, 0.1) is 11.7 Å². The fourth-order valence-corrected chi connectivity index (χ4v) is 3.31. The highest BCUT2D eigenvalue weighted by Gasteiger charge is 2.28. The van der Waals surface area contributed by atoms with Gasteiger partial charge in [0.15, 0.2) is 0 Å². The van der Waals surface area contributed by atoms with Gasteiger partial charge in [0, 0.05) is 24.2 Å². The molecule has 1 saturated carbocycles. The molecular formula is C17H19FN2O2.